The fourth-order valence-electron chi connectivity index (χ4n) is 1.45. The van der Waals surface area contributed by atoms with Gasteiger partial charge in [0.05, 0.1) is 4.90 Å². The van der Waals surface area contributed by atoms with Crippen LogP contribution in [0.15, 0.2) is 46.8 Å². The van der Waals surface area contributed by atoms with Crippen LogP contribution >= 0.6 is 11.3 Å². The van der Waals surface area contributed by atoms with E-state index in [0.29, 0.717) is 5.13 Å². The van der Waals surface area contributed by atoms with E-state index in [2.05, 4.69) is 15.0 Å². The molecule has 1 aromatic heterocycles. The molecule has 2 N–H and O–H groups in total. The predicted molar refractivity (Wildman–Crippen MR) is 77.0 cm³/mol. The summed E-state index contributed by atoms with van der Waals surface area (Å²) in [7, 11) is -3.56. The third-order valence-corrected chi connectivity index (χ3v) is 4.54. The van der Waals surface area contributed by atoms with Crippen molar-refractivity contribution >= 4 is 32.4 Å². The minimum absolute atomic E-state index is 0.0361. The van der Waals surface area contributed by atoms with Crippen molar-refractivity contribution in [2.75, 3.05) is 11.9 Å². The summed E-state index contributed by atoms with van der Waals surface area (Å²) in [5.74, 6) is -0.282. The van der Waals surface area contributed by atoms with Crippen LogP contribution in [0.5, 0.6) is 0 Å². The molecule has 1 amide bonds. The van der Waals surface area contributed by atoms with Gasteiger partial charge in [0.15, 0.2) is 5.13 Å². The van der Waals surface area contributed by atoms with E-state index in [9.17, 15) is 13.2 Å². The first-order valence-corrected chi connectivity index (χ1v) is 8.18. The maximum Gasteiger partial charge on any atom is 0.240 e. The molecule has 0 saturated heterocycles. The zero-order valence-electron chi connectivity index (χ0n) is 10.4. The van der Waals surface area contributed by atoms with Crippen LogP contribution in [0.2, 0.25) is 0 Å². The van der Waals surface area contributed by atoms with Crippen molar-refractivity contribution in [3.05, 3.63) is 41.9 Å². The lowest BCUT2D eigenvalue weighted by atomic mass is 10.4. The molecule has 2 rings (SSSR count). The molecule has 1 heterocycles. The molecule has 6 nitrogen and oxygen atoms in total. The van der Waals surface area contributed by atoms with Crippen LogP contribution < -0.4 is 10.0 Å². The van der Waals surface area contributed by atoms with Gasteiger partial charge in [0.1, 0.15) is 0 Å². The van der Waals surface area contributed by atoms with Crippen LogP contribution in [0.25, 0.3) is 0 Å². The topological polar surface area (TPSA) is 88.2 Å². The van der Waals surface area contributed by atoms with Crippen LogP contribution in [-0.4, -0.2) is 25.9 Å². The summed E-state index contributed by atoms with van der Waals surface area (Å²) in [5, 5.41) is 4.83. The van der Waals surface area contributed by atoms with E-state index < -0.39 is 10.0 Å². The fraction of sp³-hybridized carbons (Fsp3) is 0.167. The maximum atomic E-state index is 11.9. The molecule has 8 heteroatoms. The van der Waals surface area contributed by atoms with E-state index in [1.165, 1.54) is 23.5 Å². The third-order valence-electron chi connectivity index (χ3n) is 2.38. The molecule has 106 valence electrons. The molecule has 0 aliphatic carbocycles. The summed E-state index contributed by atoms with van der Waals surface area (Å²) in [6, 6.07) is 8.02. The number of aromatic nitrogens is 1. The summed E-state index contributed by atoms with van der Waals surface area (Å²) < 4.78 is 26.1. The number of carbonyl (C=O) groups excluding carboxylic acids is 1. The van der Waals surface area contributed by atoms with Gasteiger partial charge in [-0.05, 0) is 12.1 Å². The minimum Gasteiger partial charge on any atom is -0.302 e. The second-order valence-corrected chi connectivity index (χ2v) is 6.51. The fourth-order valence-corrected chi connectivity index (χ4v) is 3.05. The van der Waals surface area contributed by atoms with Gasteiger partial charge in [-0.15, -0.1) is 11.3 Å². The Balaban J connectivity index is 1.82. The van der Waals surface area contributed by atoms with Crippen molar-refractivity contribution in [1.29, 1.82) is 0 Å². The number of amides is 1. The Labute approximate surface area is 120 Å². The van der Waals surface area contributed by atoms with Gasteiger partial charge >= 0.3 is 0 Å². The number of hydrogen-bond acceptors (Lipinski definition) is 5. The Hall–Kier alpha value is -1.77. The van der Waals surface area contributed by atoms with Crippen molar-refractivity contribution in [3.8, 4) is 0 Å². The van der Waals surface area contributed by atoms with Crippen LogP contribution in [0.4, 0.5) is 5.13 Å². The highest BCUT2D eigenvalue weighted by Crippen LogP contribution is 2.10. The SMILES string of the molecule is O=C(CCNS(=O)(=O)c1ccccc1)Nc1nccs1. The molecule has 0 aliphatic rings. The van der Waals surface area contributed by atoms with Crippen LogP contribution in [0, 0.1) is 0 Å². The van der Waals surface area contributed by atoms with E-state index in [4.69, 9.17) is 0 Å². The number of sulfonamides is 1. The maximum absolute atomic E-state index is 11.9. The Kier molecular flexibility index (Phi) is 4.83. The smallest absolute Gasteiger partial charge is 0.240 e. The molecule has 0 unspecified atom stereocenters. The highest BCUT2D eigenvalue weighted by molar-refractivity contribution is 7.89. The number of nitrogens with one attached hydrogen (secondary N) is 2. The highest BCUT2D eigenvalue weighted by Gasteiger charge is 2.13. The second kappa shape index (κ2) is 6.60. The summed E-state index contributed by atoms with van der Waals surface area (Å²) in [5.41, 5.74) is 0. The summed E-state index contributed by atoms with van der Waals surface area (Å²) in [6.45, 7) is 0.0361. The number of hydrogen-bond donors (Lipinski definition) is 2. The average molecular weight is 311 g/mol. The summed E-state index contributed by atoms with van der Waals surface area (Å²) in [4.78, 5) is 15.6. The predicted octanol–water partition coefficient (Wildman–Crippen LogP) is 1.45. The van der Waals surface area contributed by atoms with Crippen molar-refractivity contribution in [2.45, 2.75) is 11.3 Å². The first kappa shape index (κ1) is 14.6. The van der Waals surface area contributed by atoms with Gasteiger partial charge in [-0.2, -0.15) is 0 Å². The number of carbonyl (C=O) groups is 1. The number of nitrogens with zero attached hydrogens (tertiary/aromatic N) is 1. The van der Waals surface area contributed by atoms with Crippen LogP contribution in [0.1, 0.15) is 6.42 Å². The van der Waals surface area contributed by atoms with Gasteiger partial charge in [-0.1, -0.05) is 18.2 Å². The quantitative estimate of drug-likeness (QED) is 0.845. The van der Waals surface area contributed by atoms with Gasteiger partial charge in [-0.3, -0.25) is 4.79 Å². The molecule has 2 aromatic rings. The van der Waals surface area contributed by atoms with Crippen molar-refractivity contribution in [3.63, 3.8) is 0 Å². The molecule has 0 bridgehead atoms. The van der Waals surface area contributed by atoms with E-state index in [1.54, 1.807) is 29.8 Å². The Bertz CT molecular complexity index is 655. The molecule has 0 fully saturated rings. The lowest BCUT2D eigenvalue weighted by molar-refractivity contribution is -0.116. The molecule has 0 saturated carbocycles. The molecule has 0 spiro atoms. The van der Waals surface area contributed by atoms with E-state index >= 15 is 0 Å². The van der Waals surface area contributed by atoms with Crippen LogP contribution in [-0.2, 0) is 14.8 Å². The normalized spacial score (nSPS) is 11.2. The Morgan fingerprint density at radius 2 is 2.00 bits per heavy atom. The largest absolute Gasteiger partial charge is 0.302 e. The van der Waals surface area contributed by atoms with Gasteiger partial charge in [0.25, 0.3) is 0 Å². The molecule has 1 aromatic carbocycles. The number of benzene rings is 1. The highest BCUT2D eigenvalue weighted by atomic mass is 32.2. The van der Waals surface area contributed by atoms with Crippen molar-refractivity contribution in [1.82, 2.24) is 9.71 Å². The zero-order chi connectivity index (χ0) is 14.4. The van der Waals surface area contributed by atoms with Crippen molar-refractivity contribution < 1.29 is 13.2 Å². The standard InChI is InChI=1S/C12H13N3O3S2/c16-11(15-12-13-8-9-19-12)6-7-14-20(17,18)10-4-2-1-3-5-10/h1-5,8-9,14H,6-7H2,(H,13,15,16). The number of rotatable bonds is 6. The number of thiazole rings is 1. The molecule has 0 radical (unpaired) electrons. The zero-order valence-corrected chi connectivity index (χ0v) is 12.1. The van der Waals surface area contributed by atoms with E-state index in [0.717, 1.165) is 0 Å². The molecule has 0 atom stereocenters. The molecular formula is C12H13N3O3S2. The summed E-state index contributed by atoms with van der Waals surface area (Å²) >= 11 is 1.31. The molecular weight excluding hydrogens is 298 g/mol. The van der Waals surface area contributed by atoms with E-state index in [-0.39, 0.29) is 23.8 Å². The number of anilines is 1. The van der Waals surface area contributed by atoms with Gasteiger partial charge in [0, 0.05) is 24.5 Å². The van der Waals surface area contributed by atoms with Gasteiger partial charge in [0.2, 0.25) is 15.9 Å². The molecule has 0 aliphatic heterocycles. The van der Waals surface area contributed by atoms with Crippen LogP contribution in [0.3, 0.4) is 0 Å². The van der Waals surface area contributed by atoms with Gasteiger partial charge < -0.3 is 5.32 Å². The lowest BCUT2D eigenvalue weighted by Gasteiger charge is -2.06. The summed E-state index contributed by atoms with van der Waals surface area (Å²) in [6.07, 6.45) is 1.63. The third kappa shape index (κ3) is 4.12. The second-order valence-electron chi connectivity index (χ2n) is 3.85. The van der Waals surface area contributed by atoms with Crippen molar-refractivity contribution in [2.24, 2.45) is 0 Å². The Morgan fingerprint density at radius 3 is 2.65 bits per heavy atom. The average Bonchev–Trinajstić information content (AvgIpc) is 2.92. The molecule has 20 heavy (non-hydrogen) atoms. The monoisotopic (exact) mass is 311 g/mol. The minimum atomic E-state index is -3.56. The first-order valence-electron chi connectivity index (χ1n) is 5.82. The Morgan fingerprint density at radius 1 is 1.25 bits per heavy atom. The lowest BCUT2D eigenvalue weighted by Crippen LogP contribution is -2.27. The van der Waals surface area contributed by atoms with Gasteiger partial charge in [-0.25, -0.2) is 18.1 Å². The van der Waals surface area contributed by atoms with E-state index in [1.807, 2.05) is 0 Å². The first-order chi connectivity index (χ1) is 9.58.